The number of nitrogens with zero attached hydrogens (tertiary/aromatic N) is 1. The van der Waals surface area contributed by atoms with Crippen LogP contribution in [0.4, 0.5) is 0 Å². The van der Waals surface area contributed by atoms with Crippen molar-refractivity contribution < 1.29 is 28.5 Å². The number of hydrogen-bond donors (Lipinski definition) is 1. The average molecular weight is 440 g/mol. The first kappa shape index (κ1) is 23.4. The van der Waals surface area contributed by atoms with Crippen molar-refractivity contribution in [3.8, 4) is 17.2 Å². The molecule has 170 valence electrons. The van der Waals surface area contributed by atoms with Crippen LogP contribution in [0.15, 0.2) is 65.3 Å². The number of methoxy groups -OCH3 is 1. The van der Waals surface area contributed by atoms with E-state index in [1.54, 1.807) is 31.6 Å². The summed E-state index contributed by atoms with van der Waals surface area (Å²) in [4.78, 5) is 13.1. The largest absolute Gasteiger partial charge is 0.497 e. The fraction of sp³-hybridized carbons (Fsp3) is 0.320. The van der Waals surface area contributed by atoms with Gasteiger partial charge in [0.05, 0.1) is 26.5 Å². The lowest BCUT2D eigenvalue weighted by atomic mass is 10.2. The first-order valence-corrected chi connectivity index (χ1v) is 10.5. The van der Waals surface area contributed by atoms with E-state index < -0.39 is 6.10 Å². The van der Waals surface area contributed by atoms with E-state index in [0.29, 0.717) is 43.3 Å². The standard InChI is InChI=1S/C25H29NO6/c1-3-30-25-13-20(17-27)9-10-24(25)32-18-21(28)15-26(16-23-8-5-11-31-23)14-19-6-4-7-22(12-19)29-2/h4-13,17,21,28H,3,14-16,18H2,1-2H3. The summed E-state index contributed by atoms with van der Waals surface area (Å²) in [6, 6.07) is 16.5. The van der Waals surface area contributed by atoms with Crippen LogP contribution in [0.25, 0.3) is 0 Å². The molecule has 0 spiro atoms. The Hall–Kier alpha value is -3.29. The van der Waals surface area contributed by atoms with E-state index in [0.717, 1.165) is 23.4 Å². The van der Waals surface area contributed by atoms with Crippen molar-refractivity contribution in [1.82, 2.24) is 4.90 Å². The van der Waals surface area contributed by atoms with Crippen molar-refractivity contribution in [2.75, 3.05) is 26.9 Å². The first-order chi connectivity index (χ1) is 15.6. The smallest absolute Gasteiger partial charge is 0.161 e. The van der Waals surface area contributed by atoms with Crippen LogP contribution in [0.5, 0.6) is 17.2 Å². The molecule has 1 heterocycles. The van der Waals surface area contributed by atoms with Gasteiger partial charge in [-0.2, -0.15) is 0 Å². The summed E-state index contributed by atoms with van der Waals surface area (Å²) in [6.45, 7) is 3.89. The Morgan fingerprint density at radius 3 is 2.66 bits per heavy atom. The predicted octanol–water partition coefficient (Wildman–Crippen LogP) is 3.94. The maximum atomic E-state index is 11.0. The summed E-state index contributed by atoms with van der Waals surface area (Å²) in [5.74, 6) is 2.56. The molecule has 3 aromatic rings. The third-order valence-electron chi connectivity index (χ3n) is 4.80. The highest BCUT2D eigenvalue weighted by Gasteiger charge is 2.16. The van der Waals surface area contributed by atoms with Gasteiger partial charge in [-0.3, -0.25) is 9.69 Å². The zero-order valence-corrected chi connectivity index (χ0v) is 18.4. The van der Waals surface area contributed by atoms with Gasteiger partial charge in [0.2, 0.25) is 0 Å². The third kappa shape index (κ3) is 6.87. The van der Waals surface area contributed by atoms with Crippen molar-refractivity contribution in [3.63, 3.8) is 0 Å². The van der Waals surface area contributed by atoms with Gasteiger partial charge in [0, 0.05) is 18.7 Å². The van der Waals surface area contributed by atoms with Gasteiger partial charge in [0.25, 0.3) is 0 Å². The number of furan rings is 1. The van der Waals surface area contributed by atoms with Gasteiger partial charge in [-0.1, -0.05) is 12.1 Å². The normalized spacial score (nSPS) is 11.9. The second kappa shape index (κ2) is 11.9. The molecule has 0 amide bonds. The monoisotopic (exact) mass is 439 g/mol. The Kier molecular flexibility index (Phi) is 8.71. The van der Waals surface area contributed by atoms with Crippen LogP contribution >= 0.6 is 0 Å². The number of carbonyl (C=O) groups is 1. The lowest BCUT2D eigenvalue weighted by Crippen LogP contribution is -2.35. The topological polar surface area (TPSA) is 81.4 Å². The van der Waals surface area contributed by atoms with Gasteiger partial charge in [-0.15, -0.1) is 0 Å². The summed E-state index contributed by atoms with van der Waals surface area (Å²) in [5, 5.41) is 10.7. The Bertz CT molecular complexity index is 972. The maximum Gasteiger partial charge on any atom is 0.161 e. The first-order valence-electron chi connectivity index (χ1n) is 10.5. The van der Waals surface area contributed by atoms with Crippen molar-refractivity contribution in [2.45, 2.75) is 26.1 Å². The number of carbonyl (C=O) groups excluding carboxylic acids is 1. The second-order valence-corrected chi connectivity index (χ2v) is 7.32. The molecule has 3 rings (SSSR count). The van der Waals surface area contributed by atoms with E-state index in [9.17, 15) is 9.90 Å². The number of aliphatic hydroxyl groups excluding tert-OH is 1. The average Bonchev–Trinajstić information content (AvgIpc) is 3.31. The Labute approximate surface area is 188 Å². The summed E-state index contributed by atoms with van der Waals surface area (Å²) < 4.78 is 22.2. The molecule has 0 aliphatic carbocycles. The van der Waals surface area contributed by atoms with Crippen LogP contribution in [0.1, 0.15) is 28.6 Å². The van der Waals surface area contributed by atoms with Crippen molar-refractivity contribution in [1.29, 1.82) is 0 Å². The molecule has 7 nitrogen and oxygen atoms in total. The molecule has 1 aromatic heterocycles. The SMILES string of the molecule is CCOc1cc(C=O)ccc1OCC(O)CN(Cc1cccc(OC)c1)Cc1ccco1. The van der Waals surface area contributed by atoms with Crippen LogP contribution in [0.2, 0.25) is 0 Å². The van der Waals surface area contributed by atoms with Crippen LogP contribution < -0.4 is 14.2 Å². The quantitative estimate of drug-likeness (QED) is 0.404. The molecule has 32 heavy (non-hydrogen) atoms. The molecule has 1 N–H and O–H groups in total. The number of ether oxygens (including phenoxy) is 3. The van der Waals surface area contributed by atoms with Gasteiger partial charge in [-0.25, -0.2) is 0 Å². The Morgan fingerprint density at radius 1 is 1.06 bits per heavy atom. The summed E-state index contributed by atoms with van der Waals surface area (Å²) in [6.07, 6.45) is 1.64. The summed E-state index contributed by atoms with van der Waals surface area (Å²) in [5.41, 5.74) is 1.57. The zero-order chi connectivity index (χ0) is 22.8. The minimum absolute atomic E-state index is 0.0767. The Balaban J connectivity index is 1.65. The lowest BCUT2D eigenvalue weighted by Gasteiger charge is -2.25. The van der Waals surface area contributed by atoms with Gasteiger partial charge in [0.1, 0.15) is 30.5 Å². The highest BCUT2D eigenvalue weighted by molar-refractivity contribution is 5.76. The van der Waals surface area contributed by atoms with Gasteiger partial charge < -0.3 is 23.7 Å². The van der Waals surface area contributed by atoms with Crippen LogP contribution in [0, 0.1) is 0 Å². The Morgan fingerprint density at radius 2 is 1.94 bits per heavy atom. The van der Waals surface area contributed by atoms with Crippen LogP contribution in [-0.2, 0) is 13.1 Å². The fourth-order valence-corrected chi connectivity index (χ4v) is 3.36. The second-order valence-electron chi connectivity index (χ2n) is 7.32. The van der Waals surface area contributed by atoms with Gasteiger partial charge in [-0.05, 0) is 55.0 Å². The minimum Gasteiger partial charge on any atom is -0.497 e. The molecule has 0 saturated heterocycles. The van der Waals surface area contributed by atoms with Crippen LogP contribution in [0.3, 0.4) is 0 Å². The van der Waals surface area contributed by atoms with Crippen molar-refractivity contribution >= 4 is 6.29 Å². The van der Waals surface area contributed by atoms with E-state index in [1.807, 2.05) is 43.3 Å². The van der Waals surface area contributed by atoms with Crippen molar-refractivity contribution in [3.05, 3.63) is 77.7 Å². The molecule has 0 radical (unpaired) electrons. The highest BCUT2D eigenvalue weighted by Crippen LogP contribution is 2.28. The van der Waals surface area contributed by atoms with Crippen molar-refractivity contribution in [2.24, 2.45) is 0 Å². The minimum atomic E-state index is -0.754. The lowest BCUT2D eigenvalue weighted by molar-refractivity contribution is 0.0593. The molecule has 7 heteroatoms. The van der Waals surface area contributed by atoms with Gasteiger partial charge in [0.15, 0.2) is 11.5 Å². The summed E-state index contributed by atoms with van der Waals surface area (Å²) >= 11 is 0. The van der Waals surface area contributed by atoms with E-state index >= 15 is 0 Å². The number of rotatable bonds is 13. The number of aliphatic hydroxyl groups is 1. The molecule has 0 fully saturated rings. The van der Waals surface area contributed by atoms with Gasteiger partial charge >= 0.3 is 0 Å². The fourth-order valence-electron chi connectivity index (χ4n) is 3.36. The molecule has 1 atom stereocenters. The number of aldehydes is 1. The van der Waals surface area contributed by atoms with Crippen LogP contribution in [-0.4, -0.2) is 49.3 Å². The third-order valence-corrected chi connectivity index (χ3v) is 4.80. The van der Waals surface area contributed by atoms with E-state index in [-0.39, 0.29) is 6.61 Å². The van der Waals surface area contributed by atoms with E-state index in [2.05, 4.69) is 4.90 Å². The highest BCUT2D eigenvalue weighted by atomic mass is 16.5. The number of benzene rings is 2. The molecule has 2 aromatic carbocycles. The zero-order valence-electron chi connectivity index (χ0n) is 18.4. The van der Waals surface area contributed by atoms with E-state index in [4.69, 9.17) is 18.6 Å². The predicted molar refractivity (Wildman–Crippen MR) is 120 cm³/mol. The molecule has 0 bridgehead atoms. The summed E-state index contributed by atoms with van der Waals surface area (Å²) in [7, 11) is 1.64. The molecular weight excluding hydrogens is 410 g/mol. The molecule has 0 aliphatic rings. The van der Waals surface area contributed by atoms with E-state index in [1.165, 1.54) is 0 Å². The molecule has 0 saturated carbocycles. The number of hydrogen-bond acceptors (Lipinski definition) is 7. The molecule has 1 unspecified atom stereocenters. The molecular formula is C25H29NO6. The maximum absolute atomic E-state index is 11.0. The molecule has 0 aliphatic heterocycles.